The molecule has 5 heteroatoms. The summed E-state index contributed by atoms with van der Waals surface area (Å²) in [7, 11) is 1.38. The molecule has 0 spiro atoms. The Hall–Kier alpha value is -2.79. The minimum Gasteiger partial charge on any atom is -0.465 e. The molecule has 2 aromatic carbocycles. The van der Waals surface area contributed by atoms with E-state index in [9.17, 15) is 4.79 Å². The van der Waals surface area contributed by atoms with Crippen LogP contribution in [0.3, 0.4) is 0 Å². The maximum absolute atomic E-state index is 12.6. The number of aliphatic hydroxyl groups is 1. The number of unbranched alkanes of at least 4 members (excludes halogenated alkanes) is 1. The summed E-state index contributed by atoms with van der Waals surface area (Å²) in [6.07, 6.45) is 2.13. The second-order valence-corrected chi connectivity index (χ2v) is 6.09. The number of aliphatic hydroxyl groups excluding tert-OH is 1. The van der Waals surface area contributed by atoms with Gasteiger partial charge in [0.1, 0.15) is 11.6 Å². The zero-order valence-electron chi connectivity index (χ0n) is 14.8. The Morgan fingerprint density at radius 2 is 1.73 bits per heavy atom. The third-order valence-corrected chi connectivity index (χ3v) is 4.39. The highest BCUT2D eigenvalue weighted by molar-refractivity contribution is 5.99. The Labute approximate surface area is 153 Å². The highest BCUT2D eigenvalue weighted by Crippen LogP contribution is 2.38. The maximum atomic E-state index is 12.6. The lowest BCUT2D eigenvalue weighted by atomic mass is 9.97. The van der Waals surface area contributed by atoms with Crippen LogP contribution in [-0.4, -0.2) is 30.8 Å². The summed E-state index contributed by atoms with van der Waals surface area (Å²) in [5.74, 6) is 0.131. The molecule has 0 radical (unpaired) electrons. The molecule has 0 saturated heterocycles. The minimum absolute atomic E-state index is 0.127. The van der Waals surface area contributed by atoms with Gasteiger partial charge in [-0.15, -0.1) is 0 Å². The zero-order valence-corrected chi connectivity index (χ0v) is 14.8. The molecular formula is C21H23NO4. The molecule has 0 bridgehead atoms. The first-order chi connectivity index (χ1) is 12.8. The predicted molar refractivity (Wildman–Crippen MR) is 100 cm³/mol. The van der Waals surface area contributed by atoms with Gasteiger partial charge < -0.3 is 14.7 Å². The quantitative estimate of drug-likeness (QED) is 0.609. The Balaban J connectivity index is 2.03. The molecular weight excluding hydrogens is 330 g/mol. The van der Waals surface area contributed by atoms with Crippen molar-refractivity contribution < 1.29 is 19.5 Å². The van der Waals surface area contributed by atoms with Crippen LogP contribution in [0, 0.1) is 0 Å². The Morgan fingerprint density at radius 1 is 1.08 bits per heavy atom. The fourth-order valence-corrected chi connectivity index (χ4v) is 3.13. The van der Waals surface area contributed by atoms with Crippen molar-refractivity contribution in [1.82, 2.24) is 0 Å². The molecule has 1 N–H and O–H groups in total. The summed E-state index contributed by atoms with van der Waals surface area (Å²) < 4.78 is 5.05. The molecule has 0 aromatic heterocycles. The molecule has 0 fully saturated rings. The zero-order chi connectivity index (χ0) is 18.4. The molecule has 3 rings (SSSR count). The first kappa shape index (κ1) is 18.0. The fraction of sp³-hybridized carbons (Fsp3) is 0.286. The van der Waals surface area contributed by atoms with E-state index in [1.54, 1.807) is 5.06 Å². The van der Waals surface area contributed by atoms with E-state index in [1.807, 2.05) is 60.7 Å². The van der Waals surface area contributed by atoms with Crippen LogP contribution in [0.4, 0.5) is 5.69 Å². The van der Waals surface area contributed by atoms with E-state index in [4.69, 9.17) is 14.7 Å². The minimum atomic E-state index is -0.392. The van der Waals surface area contributed by atoms with Gasteiger partial charge in [0.25, 0.3) is 0 Å². The van der Waals surface area contributed by atoms with Gasteiger partial charge in [0.05, 0.1) is 12.8 Å². The third kappa shape index (κ3) is 3.73. The first-order valence-corrected chi connectivity index (χ1v) is 8.77. The predicted octanol–water partition coefficient (Wildman–Crippen LogP) is 3.55. The molecule has 0 unspecified atom stereocenters. The van der Waals surface area contributed by atoms with Crippen LogP contribution in [0.25, 0.3) is 5.76 Å². The average molecular weight is 353 g/mol. The largest absolute Gasteiger partial charge is 0.465 e. The number of rotatable bonds is 7. The number of hydrogen-bond donors (Lipinski definition) is 1. The maximum Gasteiger partial charge on any atom is 0.339 e. The van der Waals surface area contributed by atoms with E-state index in [0.717, 1.165) is 17.7 Å². The summed E-state index contributed by atoms with van der Waals surface area (Å²) in [5, 5.41) is 10.9. The van der Waals surface area contributed by atoms with Crippen LogP contribution in [0.5, 0.6) is 0 Å². The summed E-state index contributed by atoms with van der Waals surface area (Å²) >= 11 is 0. The van der Waals surface area contributed by atoms with E-state index in [-0.39, 0.29) is 12.6 Å². The number of ether oxygens (including phenoxy) is 1. The number of nitrogens with zero attached hydrogens (tertiary/aromatic N) is 1. The van der Waals surface area contributed by atoms with Crippen molar-refractivity contribution in [2.24, 2.45) is 0 Å². The molecule has 26 heavy (non-hydrogen) atoms. The Morgan fingerprint density at radius 3 is 2.35 bits per heavy atom. The lowest BCUT2D eigenvalue weighted by Gasteiger charge is -2.26. The lowest BCUT2D eigenvalue weighted by molar-refractivity contribution is -0.136. The van der Waals surface area contributed by atoms with Gasteiger partial charge in [0, 0.05) is 12.2 Å². The van der Waals surface area contributed by atoms with Gasteiger partial charge in [0.2, 0.25) is 0 Å². The summed E-state index contributed by atoms with van der Waals surface area (Å²) in [4.78, 5) is 18.7. The molecule has 5 nitrogen and oxygen atoms in total. The molecule has 1 atom stereocenters. The number of carbonyl (C=O) groups is 1. The normalized spacial score (nSPS) is 16.5. The Kier molecular flexibility index (Phi) is 5.92. The smallest absolute Gasteiger partial charge is 0.339 e. The number of hydrogen-bond acceptors (Lipinski definition) is 5. The molecule has 0 amide bonds. The van der Waals surface area contributed by atoms with Gasteiger partial charge in [-0.25, -0.2) is 9.86 Å². The van der Waals surface area contributed by atoms with Crippen LogP contribution in [0.15, 0.2) is 66.2 Å². The van der Waals surface area contributed by atoms with E-state index in [0.29, 0.717) is 24.2 Å². The molecule has 1 heterocycles. The first-order valence-electron chi connectivity index (χ1n) is 8.77. The van der Waals surface area contributed by atoms with E-state index in [2.05, 4.69) is 0 Å². The molecule has 0 saturated carbocycles. The van der Waals surface area contributed by atoms with E-state index >= 15 is 0 Å². The van der Waals surface area contributed by atoms with Gasteiger partial charge in [-0.2, -0.15) is 0 Å². The lowest BCUT2D eigenvalue weighted by Crippen LogP contribution is -2.33. The average Bonchev–Trinajstić information content (AvgIpc) is 3.08. The van der Waals surface area contributed by atoms with E-state index in [1.165, 1.54) is 7.11 Å². The molecule has 1 aliphatic heterocycles. The number of benzene rings is 2. The van der Waals surface area contributed by atoms with Gasteiger partial charge in [-0.05, 0) is 31.4 Å². The van der Waals surface area contributed by atoms with Crippen LogP contribution < -0.4 is 5.06 Å². The second-order valence-electron chi connectivity index (χ2n) is 6.09. The van der Waals surface area contributed by atoms with Gasteiger partial charge in [0.15, 0.2) is 5.76 Å². The van der Waals surface area contributed by atoms with Gasteiger partial charge in [-0.3, -0.25) is 0 Å². The van der Waals surface area contributed by atoms with Crippen molar-refractivity contribution in [2.45, 2.75) is 25.3 Å². The van der Waals surface area contributed by atoms with Gasteiger partial charge >= 0.3 is 5.97 Å². The number of esters is 1. The highest BCUT2D eigenvalue weighted by atomic mass is 16.7. The number of hydroxylamine groups is 1. The molecule has 0 aliphatic carbocycles. The summed E-state index contributed by atoms with van der Waals surface area (Å²) in [6.45, 7) is 0.127. The number of anilines is 1. The highest BCUT2D eigenvalue weighted by Gasteiger charge is 2.40. The SMILES string of the molecule is COC(=O)C1=C(c2ccccc2)ON(c2ccccc2)[C@@H]1CCCCO. The van der Waals surface area contributed by atoms with Crippen molar-refractivity contribution in [3.63, 3.8) is 0 Å². The Bertz CT molecular complexity index is 758. The molecule has 136 valence electrons. The second kappa shape index (κ2) is 8.54. The van der Waals surface area contributed by atoms with E-state index < -0.39 is 5.97 Å². The van der Waals surface area contributed by atoms with Crippen LogP contribution in [-0.2, 0) is 14.4 Å². The van der Waals surface area contributed by atoms with Crippen molar-refractivity contribution >= 4 is 17.4 Å². The molecule has 2 aromatic rings. The van der Waals surface area contributed by atoms with Gasteiger partial charge in [-0.1, -0.05) is 48.5 Å². The van der Waals surface area contributed by atoms with Crippen molar-refractivity contribution in [2.75, 3.05) is 18.8 Å². The van der Waals surface area contributed by atoms with Crippen molar-refractivity contribution in [3.05, 3.63) is 71.8 Å². The molecule has 1 aliphatic rings. The summed E-state index contributed by atoms with van der Waals surface area (Å²) in [5.41, 5.74) is 2.22. The standard InChI is InChI=1S/C21H23NO4/c1-25-21(24)19-18(14-8-9-15-23)22(17-12-6-3-7-13-17)26-20(19)16-10-4-2-5-11-16/h2-7,10-13,18,23H,8-9,14-15H2,1H3/t18-/m1/s1. The number of para-hydroxylation sites is 1. The van der Waals surface area contributed by atoms with Crippen molar-refractivity contribution in [1.29, 1.82) is 0 Å². The number of methoxy groups -OCH3 is 1. The fourth-order valence-electron chi connectivity index (χ4n) is 3.13. The van der Waals surface area contributed by atoms with Crippen LogP contribution in [0.1, 0.15) is 24.8 Å². The van der Waals surface area contributed by atoms with Crippen LogP contribution >= 0.6 is 0 Å². The van der Waals surface area contributed by atoms with Crippen LogP contribution in [0.2, 0.25) is 0 Å². The monoisotopic (exact) mass is 353 g/mol. The number of carbonyl (C=O) groups excluding carboxylic acids is 1. The topological polar surface area (TPSA) is 59.0 Å². The third-order valence-electron chi connectivity index (χ3n) is 4.39. The van der Waals surface area contributed by atoms with Crippen molar-refractivity contribution in [3.8, 4) is 0 Å². The summed E-state index contributed by atoms with van der Waals surface area (Å²) in [6, 6.07) is 19.0.